The smallest absolute Gasteiger partial charge is 1.00 e. The minimum Gasteiger partial charge on any atom is -1.00 e. The van der Waals surface area contributed by atoms with Crippen LogP contribution in [0.5, 0.6) is 0 Å². The first-order chi connectivity index (χ1) is 69.8. The third kappa shape index (κ3) is 40.3. The second-order valence-electron chi connectivity index (χ2n) is 42.2. The number of carbonyl (C=O) groups is 4. The van der Waals surface area contributed by atoms with Gasteiger partial charge in [0.05, 0.1) is 57.3 Å². The van der Waals surface area contributed by atoms with Crippen molar-refractivity contribution in [2.75, 3.05) is 77.4 Å². The van der Waals surface area contributed by atoms with Crippen molar-refractivity contribution in [3.63, 3.8) is 0 Å². The molecule has 23 nitrogen and oxygen atoms in total. The number of alkyl halides is 1. The molecule has 4 saturated heterocycles. The van der Waals surface area contributed by atoms with Crippen molar-refractivity contribution in [3.8, 4) is 0 Å². The molecule has 6 fully saturated rings. The van der Waals surface area contributed by atoms with Crippen LogP contribution < -0.4 is 178 Å². The molecule has 32 heteroatoms. The molecule has 8 heterocycles. The van der Waals surface area contributed by atoms with Crippen molar-refractivity contribution >= 4 is 145 Å². The summed E-state index contributed by atoms with van der Waals surface area (Å²) in [7, 11) is -3.26. The van der Waals surface area contributed by atoms with Crippen LogP contribution in [0.25, 0.3) is 50.2 Å². The zero-order valence-electron chi connectivity index (χ0n) is 93.7. The summed E-state index contributed by atoms with van der Waals surface area (Å²) in [6.45, 7) is 43.9. The molecule has 18 rings (SSSR count). The number of imidazole rings is 4. The van der Waals surface area contributed by atoms with Gasteiger partial charge in [0.25, 0.3) is 6.47 Å². The van der Waals surface area contributed by atoms with E-state index in [0.717, 1.165) is 142 Å². The number of aryl methyl sites for hydroxylation is 8. The van der Waals surface area contributed by atoms with Gasteiger partial charge in [-0.1, -0.05) is 155 Å². The van der Waals surface area contributed by atoms with Crippen molar-refractivity contribution in [3.05, 3.63) is 261 Å². The number of ether oxygens (including phenoxy) is 2. The average Bonchev–Trinajstić information content (AvgIpc) is 1.62. The molecule has 2 amide bonds. The van der Waals surface area contributed by atoms with Crippen LogP contribution in [0.15, 0.2) is 151 Å². The number of carbonyl (C=O) groups excluding carboxylic acids is 4. The van der Waals surface area contributed by atoms with E-state index >= 15 is 0 Å². The molecule has 794 valence electrons. The molecule has 8 aromatic carbocycles. The zero-order chi connectivity index (χ0) is 105. The number of fused-ring (bicyclic) bond motifs is 4. The molecular formula is C117H157BrCl4Cs2N12NaO11P. The standard InChI is InChI=1S/C29H38ClN3.C27H32ClN3O2.C22H26ClN3.C21H26ClN2O3P.C10H17NO3.C7H13Br.CH2O3.2Cs.Na.H2.2H/c1-21-16-27-28(17-22(21)2)33(20-25-8-10-26(30)11-9-25)29(31-27)18-23-12-14-32(15-13-23)19-24-6-4-3-5-7-24;1-18-14-23-24(15-19(18)2)31(17-21-6-8-22(28)9-7-21)25(29-23)16-20-10-12-30(13-11-20)26(32)33-27(3,4)5;1-15-11-20-21(12-16(15)2)26(14-18-3-5-19(23)6-4-18)22(25-20)13-17-7-9-24-10-8-17;1-5-26-28(25,27-6-2)14-21-23-19-11-15(3)16(4)12-20(19)24(21)13-17-7-9-18(22)10-8-17;1-10(2,3)14-9(13)11-6-4-8(12)5-7-11;8-6-7-4-2-1-3-5-7;2-1-4-3;;;;;;/h8-11,16-17,23-24H,3-7,12-15,18-20H2,1-2H3;6-9,14-16H,10-13,17H2,1-5H3;3-6,11-12,17,24H,7-10,13-14H2,1-2H3;7-12H,5-6,13-14H2,1-4H3;4-7H2,1-3H3;7H,1-6H2;1,3H;;;;1H;;/q;;;;;;;3*+1;;2*-1/p-1. The second kappa shape index (κ2) is 63.0. The first-order valence-corrected chi connectivity index (χ1v) is 56.8. The number of ketones is 1. The summed E-state index contributed by atoms with van der Waals surface area (Å²) < 4.78 is 44.1. The Morgan fingerprint density at radius 1 is 0.456 bits per heavy atom. The van der Waals surface area contributed by atoms with Crippen LogP contribution in [0.2, 0.25) is 20.1 Å². The summed E-state index contributed by atoms with van der Waals surface area (Å²) in [5.41, 5.74) is 24.1. The van der Waals surface area contributed by atoms with E-state index in [-0.39, 0.29) is 202 Å². The maximum absolute atomic E-state index is 13.1. The van der Waals surface area contributed by atoms with E-state index in [0.29, 0.717) is 69.6 Å². The molecule has 0 atom stereocenters. The normalized spacial score (nSPS) is 15.5. The SMILES string of the molecule is BrCC1CCCCC1.CC(C)(C)OC(=O)N1CCC(=O)CC1.CCOP(=O)(Cc1nc2cc(C)c(C)cc2n1Cc1ccc(Cl)cc1)OCC.Cc1cc2nc(C=C3CCN(C(=O)OC(C)(C)C)CC3)n(Cc3ccc(Cl)cc3)c2cc1C.Cc1cc2nc(CC3CCN(CC4CCCCC4)CC3)n(Cc3ccc(Cl)cc3)c2cc1C.Cc1cc2nc(CC3CCNCC3)n(Cc3ccc(Cl)cc3)c2cc1C.O=CO[O-].[Cs+].[Cs+].[H-].[H-].[HH].[Na+]. The van der Waals surface area contributed by atoms with Crippen molar-refractivity contribution in [1.82, 2.24) is 58.2 Å². The van der Waals surface area contributed by atoms with Gasteiger partial charge in [-0.25, -0.2) is 29.5 Å². The number of nitrogens with one attached hydrogen (secondary N) is 1. The zero-order valence-corrected chi connectivity index (χ0v) is 112. The molecule has 1 N–H and O–H groups in total. The Kier molecular flexibility index (Phi) is 54.2. The van der Waals surface area contributed by atoms with Gasteiger partial charge in [0.15, 0.2) is 0 Å². The molecule has 2 aliphatic carbocycles. The van der Waals surface area contributed by atoms with Crippen molar-refractivity contribution in [2.45, 2.75) is 283 Å². The van der Waals surface area contributed by atoms with Crippen LogP contribution in [0.3, 0.4) is 0 Å². The van der Waals surface area contributed by atoms with Gasteiger partial charge in [-0.05, 0) is 395 Å². The van der Waals surface area contributed by atoms with E-state index in [1.807, 2.05) is 116 Å². The van der Waals surface area contributed by atoms with Gasteiger partial charge in [0.2, 0.25) is 0 Å². The number of aromatic nitrogens is 8. The number of hydrogen-bond donors (Lipinski definition) is 1. The first kappa shape index (κ1) is 128. The van der Waals surface area contributed by atoms with E-state index in [2.05, 4.69) is 196 Å². The first-order valence-electron chi connectivity index (χ1n) is 52.4. The minimum absolute atomic E-state index is 0. The molecule has 12 aromatic rings. The van der Waals surface area contributed by atoms with Crippen molar-refractivity contribution in [1.29, 1.82) is 0 Å². The predicted octanol–water partition coefficient (Wildman–Crippen LogP) is 19.4. The molecule has 4 aliphatic heterocycles. The quantitative estimate of drug-likeness (QED) is 0.0156. The van der Waals surface area contributed by atoms with E-state index in [4.69, 9.17) is 94.9 Å². The van der Waals surface area contributed by atoms with Crippen LogP contribution in [0, 0.1) is 79.1 Å². The topological polar surface area (TPSA) is 248 Å². The van der Waals surface area contributed by atoms with E-state index in [9.17, 15) is 18.9 Å². The van der Waals surface area contributed by atoms with Crippen LogP contribution in [-0.4, -0.2) is 166 Å². The molecular weight excluding hydrogens is 2290 g/mol. The van der Waals surface area contributed by atoms with Gasteiger partial charge in [-0.2, -0.15) is 0 Å². The minimum atomic E-state index is -3.26. The molecule has 149 heavy (non-hydrogen) atoms. The monoisotopic (exact) mass is 2440 g/mol. The van der Waals surface area contributed by atoms with Gasteiger partial charge in [-0.3, -0.25) is 14.2 Å². The predicted molar refractivity (Wildman–Crippen MR) is 601 cm³/mol. The van der Waals surface area contributed by atoms with Gasteiger partial charge in [-0.15, -0.1) is 0 Å². The van der Waals surface area contributed by atoms with E-state index < -0.39 is 18.8 Å². The summed E-state index contributed by atoms with van der Waals surface area (Å²) in [5, 5.41) is 16.1. The summed E-state index contributed by atoms with van der Waals surface area (Å²) in [4.78, 5) is 72.2. The van der Waals surface area contributed by atoms with Crippen LogP contribution in [0.1, 0.15) is 265 Å². The fourth-order valence-corrected chi connectivity index (χ4v) is 22.4. The van der Waals surface area contributed by atoms with E-state index in [1.54, 1.807) is 9.80 Å². The number of amides is 2. The molecule has 0 unspecified atom stereocenters. The van der Waals surface area contributed by atoms with Crippen LogP contribution in [0.4, 0.5) is 9.59 Å². The number of Topliss-reactive ketones (excluding diaryl/α,β-unsaturated/α-hetero) is 1. The maximum Gasteiger partial charge on any atom is 1.00 e. The summed E-state index contributed by atoms with van der Waals surface area (Å²) >= 11 is 27.8. The Bertz CT molecular complexity index is 6380. The Morgan fingerprint density at radius 3 is 1.11 bits per heavy atom. The number of halogens is 5. The molecule has 2 saturated carbocycles. The molecule has 6 aliphatic rings. The Labute approximate surface area is 1060 Å². The maximum atomic E-state index is 13.1. The third-order valence-electron chi connectivity index (χ3n) is 28.4. The van der Waals surface area contributed by atoms with Crippen LogP contribution >= 0.6 is 69.9 Å². The number of benzene rings is 8. The molecule has 4 aromatic heterocycles. The van der Waals surface area contributed by atoms with Crippen molar-refractivity contribution in [2.24, 2.45) is 23.7 Å². The second-order valence-corrected chi connectivity index (χ2v) is 46.6. The molecule has 0 bridgehead atoms. The number of likely N-dealkylation sites (tertiary alicyclic amines) is 3. The van der Waals surface area contributed by atoms with E-state index in [1.165, 1.54) is 204 Å². The van der Waals surface area contributed by atoms with Gasteiger partial charge in [0, 0.05) is 111 Å². The summed E-state index contributed by atoms with van der Waals surface area (Å²) in [5.74, 6) is 7.74. The fraction of sp³-hybridized carbons (Fsp3) is 0.504. The van der Waals surface area contributed by atoms with Crippen LogP contribution in [-0.2, 0) is 82.7 Å². The Hall–Kier alpha value is -4.17. The fourth-order valence-electron chi connectivity index (χ4n) is 19.7. The van der Waals surface area contributed by atoms with Crippen molar-refractivity contribution < 1.29 is 224 Å². The number of nitrogens with zero attached hydrogens (tertiary/aromatic N) is 11. The largest absolute Gasteiger partial charge is 1.00 e. The molecule has 0 spiro atoms. The average molecular weight is 2450 g/mol. The Morgan fingerprint density at radius 2 is 0.772 bits per heavy atom. The number of hydrogen-bond acceptors (Lipinski definition) is 17. The third-order valence-corrected chi connectivity index (χ3v) is 32.3. The number of piperidine rings is 4. The molecule has 0 radical (unpaired) electrons. The van der Waals surface area contributed by atoms with Gasteiger partial charge < -0.3 is 69.8 Å². The van der Waals surface area contributed by atoms with Gasteiger partial charge >= 0.3 is 187 Å². The summed E-state index contributed by atoms with van der Waals surface area (Å²) in [6, 6.07) is 49.8. The Balaban J connectivity index is 0.000000283. The number of rotatable bonds is 23. The summed E-state index contributed by atoms with van der Waals surface area (Å²) in [6.07, 6.45) is 26.2. The van der Waals surface area contributed by atoms with Gasteiger partial charge in [0.1, 0.15) is 46.4 Å².